The summed E-state index contributed by atoms with van der Waals surface area (Å²) in [6, 6.07) is 4.63. The van der Waals surface area contributed by atoms with Crippen molar-refractivity contribution in [1.82, 2.24) is 9.97 Å². The molecule has 0 saturated heterocycles. The second-order valence-corrected chi connectivity index (χ2v) is 3.39. The van der Waals surface area contributed by atoms with Crippen molar-refractivity contribution in [3.63, 3.8) is 0 Å². The number of ether oxygens (including phenoxy) is 1. The van der Waals surface area contributed by atoms with Crippen LogP contribution in [0.4, 0.5) is 10.1 Å². The number of methoxy groups -OCH3 is 1. The Hall–Kier alpha value is -2.17. The van der Waals surface area contributed by atoms with E-state index in [4.69, 9.17) is 4.74 Å². The van der Waals surface area contributed by atoms with E-state index in [-0.39, 0.29) is 5.75 Å². The van der Waals surface area contributed by atoms with E-state index < -0.39 is 5.82 Å². The summed E-state index contributed by atoms with van der Waals surface area (Å²) in [6.45, 7) is 0. The zero-order chi connectivity index (χ0) is 12.3. The molecule has 0 radical (unpaired) electrons. The lowest BCUT2D eigenvalue weighted by atomic mass is 10.2. The Balaban J connectivity index is 2.35. The highest BCUT2D eigenvalue weighted by Gasteiger charge is 2.06. The summed E-state index contributed by atoms with van der Waals surface area (Å²) in [5.41, 5.74) is 1.42. The second-order valence-electron chi connectivity index (χ2n) is 3.39. The molecule has 5 heteroatoms. The first-order valence-electron chi connectivity index (χ1n) is 5.08. The van der Waals surface area contributed by atoms with E-state index in [1.807, 2.05) is 0 Å². The molecule has 1 heterocycles. The Bertz CT molecular complexity index is 514. The Kier molecular flexibility index (Phi) is 3.18. The Labute approximate surface area is 98.5 Å². The fraction of sp³-hybridized carbons (Fsp3) is 0.167. The number of anilines is 1. The topological polar surface area (TPSA) is 47.0 Å². The molecule has 0 spiro atoms. The Morgan fingerprint density at radius 3 is 2.47 bits per heavy atom. The zero-order valence-corrected chi connectivity index (χ0v) is 9.57. The molecule has 17 heavy (non-hydrogen) atoms. The standard InChI is InChI=1S/C12H12FN3O/c1-14-9-6-15-12(16-7-9)8-3-4-11(17-2)10(13)5-8/h3-7,14H,1-2H3. The highest BCUT2D eigenvalue weighted by molar-refractivity contribution is 5.57. The first kappa shape index (κ1) is 11.3. The van der Waals surface area contributed by atoms with Crippen molar-refractivity contribution in [2.75, 3.05) is 19.5 Å². The normalized spacial score (nSPS) is 10.1. The molecule has 0 aliphatic rings. The maximum absolute atomic E-state index is 13.5. The Morgan fingerprint density at radius 1 is 1.24 bits per heavy atom. The fourth-order valence-corrected chi connectivity index (χ4v) is 1.41. The van der Waals surface area contributed by atoms with Gasteiger partial charge in [-0.25, -0.2) is 14.4 Å². The van der Waals surface area contributed by atoms with E-state index >= 15 is 0 Å². The summed E-state index contributed by atoms with van der Waals surface area (Å²) in [6.07, 6.45) is 3.29. The van der Waals surface area contributed by atoms with Crippen LogP contribution < -0.4 is 10.1 Å². The fourth-order valence-electron chi connectivity index (χ4n) is 1.41. The number of halogens is 1. The minimum absolute atomic E-state index is 0.209. The molecule has 88 valence electrons. The molecule has 0 amide bonds. The van der Waals surface area contributed by atoms with Gasteiger partial charge in [-0.15, -0.1) is 0 Å². The molecule has 0 fully saturated rings. The zero-order valence-electron chi connectivity index (χ0n) is 9.57. The highest BCUT2D eigenvalue weighted by Crippen LogP contribution is 2.23. The van der Waals surface area contributed by atoms with Gasteiger partial charge in [0.1, 0.15) is 0 Å². The monoisotopic (exact) mass is 233 g/mol. The average Bonchev–Trinajstić information content (AvgIpc) is 2.39. The highest BCUT2D eigenvalue weighted by atomic mass is 19.1. The maximum atomic E-state index is 13.5. The van der Waals surface area contributed by atoms with Gasteiger partial charge in [0.05, 0.1) is 25.2 Å². The van der Waals surface area contributed by atoms with Gasteiger partial charge in [0.2, 0.25) is 0 Å². The predicted molar refractivity (Wildman–Crippen MR) is 63.5 cm³/mol. The van der Waals surface area contributed by atoms with E-state index in [1.54, 1.807) is 31.6 Å². The van der Waals surface area contributed by atoms with Crippen LogP contribution in [0.5, 0.6) is 5.75 Å². The van der Waals surface area contributed by atoms with Crippen molar-refractivity contribution in [2.24, 2.45) is 0 Å². The van der Waals surface area contributed by atoms with Crippen molar-refractivity contribution in [3.05, 3.63) is 36.4 Å². The predicted octanol–water partition coefficient (Wildman–Crippen LogP) is 2.33. The first-order valence-corrected chi connectivity index (χ1v) is 5.08. The third-order valence-corrected chi connectivity index (χ3v) is 2.35. The number of aromatic nitrogens is 2. The van der Waals surface area contributed by atoms with Gasteiger partial charge in [-0.3, -0.25) is 0 Å². The van der Waals surface area contributed by atoms with Gasteiger partial charge in [-0.1, -0.05) is 0 Å². The van der Waals surface area contributed by atoms with Crippen LogP contribution in [0, 0.1) is 5.82 Å². The van der Waals surface area contributed by atoms with E-state index in [2.05, 4.69) is 15.3 Å². The third kappa shape index (κ3) is 2.33. The van der Waals surface area contributed by atoms with E-state index in [0.29, 0.717) is 11.4 Å². The van der Waals surface area contributed by atoms with Gasteiger partial charge in [-0.2, -0.15) is 0 Å². The van der Waals surface area contributed by atoms with Crippen molar-refractivity contribution in [2.45, 2.75) is 0 Å². The van der Waals surface area contributed by atoms with Crippen molar-refractivity contribution in [3.8, 4) is 17.1 Å². The van der Waals surface area contributed by atoms with Crippen LogP contribution in [0.15, 0.2) is 30.6 Å². The quantitative estimate of drug-likeness (QED) is 0.883. The molecule has 2 rings (SSSR count). The number of hydrogen-bond acceptors (Lipinski definition) is 4. The number of rotatable bonds is 3. The van der Waals surface area contributed by atoms with Crippen LogP contribution >= 0.6 is 0 Å². The van der Waals surface area contributed by atoms with Gasteiger partial charge in [0, 0.05) is 12.6 Å². The van der Waals surface area contributed by atoms with Crippen LogP contribution in [-0.2, 0) is 0 Å². The second kappa shape index (κ2) is 4.78. The number of benzene rings is 1. The lowest BCUT2D eigenvalue weighted by Gasteiger charge is -2.05. The molecule has 0 saturated carbocycles. The largest absolute Gasteiger partial charge is 0.494 e. The molecular formula is C12H12FN3O. The summed E-state index contributed by atoms with van der Waals surface area (Å²) in [5, 5.41) is 2.92. The molecule has 1 N–H and O–H groups in total. The van der Waals surface area contributed by atoms with Crippen LogP contribution in [0.1, 0.15) is 0 Å². The summed E-state index contributed by atoms with van der Waals surface area (Å²) >= 11 is 0. The van der Waals surface area contributed by atoms with E-state index in [9.17, 15) is 4.39 Å². The van der Waals surface area contributed by atoms with Gasteiger partial charge in [0.15, 0.2) is 17.4 Å². The number of nitrogens with one attached hydrogen (secondary N) is 1. The lowest BCUT2D eigenvalue weighted by Crippen LogP contribution is -1.94. The first-order chi connectivity index (χ1) is 8.24. The van der Waals surface area contributed by atoms with E-state index in [0.717, 1.165) is 5.69 Å². The van der Waals surface area contributed by atoms with Gasteiger partial charge < -0.3 is 10.1 Å². The van der Waals surface area contributed by atoms with Gasteiger partial charge in [0.25, 0.3) is 0 Å². The summed E-state index contributed by atoms with van der Waals surface area (Å²) in [5.74, 6) is 0.262. The number of nitrogens with zero attached hydrogens (tertiary/aromatic N) is 2. The molecule has 0 aliphatic carbocycles. The number of hydrogen-bond donors (Lipinski definition) is 1. The van der Waals surface area contributed by atoms with Crippen LogP contribution in [0.25, 0.3) is 11.4 Å². The molecule has 1 aromatic heterocycles. The van der Waals surface area contributed by atoms with E-state index in [1.165, 1.54) is 13.2 Å². The van der Waals surface area contributed by atoms with Crippen molar-refractivity contribution >= 4 is 5.69 Å². The molecule has 1 aromatic carbocycles. The minimum atomic E-state index is -0.425. The smallest absolute Gasteiger partial charge is 0.165 e. The van der Waals surface area contributed by atoms with Crippen molar-refractivity contribution in [1.29, 1.82) is 0 Å². The Morgan fingerprint density at radius 2 is 1.94 bits per heavy atom. The van der Waals surface area contributed by atoms with Crippen LogP contribution in [0.3, 0.4) is 0 Å². The summed E-state index contributed by atoms with van der Waals surface area (Å²) in [4.78, 5) is 8.27. The molecule has 0 atom stereocenters. The molecular weight excluding hydrogens is 221 g/mol. The third-order valence-electron chi connectivity index (χ3n) is 2.35. The summed E-state index contributed by atoms with van der Waals surface area (Å²) < 4.78 is 18.3. The van der Waals surface area contributed by atoms with Gasteiger partial charge >= 0.3 is 0 Å². The maximum Gasteiger partial charge on any atom is 0.165 e. The summed E-state index contributed by atoms with van der Waals surface area (Å²) in [7, 11) is 3.21. The molecule has 0 unspecified atom stereocenters. The average molecular weight is 233 g/mol. The molecule has 2 aromatic rings. The van der Waals surface area contributed by atoms with Crippen LogP contribution in [0.2, 0.25) is 0 Å². The van der Waals surface area contributed by atoms with Gasteiger partial charge in [-0.05, 0) is 18.2 Å². The molecule has 0 bridgehead atoms. The van der Waals surface area contributed by atoms with Crippen LogP contribution in [-0.4, -0.2) is 24.1 Å². The minimum Gasteiger partial charge on any atom is -0.494 e. The molecule has 0 aliphatic heterocycles. The lowest BCUT2D eigenvalue weighted by molar-refractivity contribution is 0.386. The SMILES string of the molecule is CNc1cnc(-c2ccc(OC)c(F)c2)nc1. The molecule has 4 nitrogen and oxygen atoms in total. The van der Waals surface area contributed by atoms with Crippen molar-refractivity contribution < 1.29 is 9.13 Å².